The van der Waals surface area contributed by atoms with Crippen molar-refractivity contribution in [3.63, 3.8) is 0 Å². The molecule has 0 radical (unpaired) electrons. The van der Waals surface area contributed by atoms with Crippen molar-refractivity contribution in [3.05, 3.63) is 66.5 Å². The fraction of sp³-hybridized carbons (Fsp3) is 0.273. The van der Waals surface area contributed by atoms with E-state index in [2.05, 4.69) is 30.1 Å². The van der Waals surface area contributed by atoms with Gasteiger partial charge in [0.2, 0.25) is 11.8 Å². The van der Waals surface area contributed by atoms with E-state index in [0.29, 0.717) is 11.4 Å². The summed E-state index contributed by atoms with van der Waals surface area (Å²) in [6.07, 6.45) is 3.27. The highest BCUT2D eigenvalue weighted by atomic mass is 32.2. The van der Waals surface area contributed by atoms with Crippen LogP contribution in [-0.4, -0.2) is 62.6 Å². The van der Waals surface area contributed by atoms with Crippen LogP contribution in [0.1, 0.15) is 18.6 Å². The van der Waals surface area contributed by atoms with Crippen molar-refractivity contribution in [1.29, 1.82) is 0 Å². The number of hydrogen-bond donors (Lipinski definition) is 0. The van der Waals surface area contributed by atoms with Crippen LogP contribution >= 0.6 is 0 Å². The Morgan fingerprint density at radius 2 is 1.60 bits per heavy atom. The van der Waals surface area contributed by atoms with Gasteiger partial charge in [0.25, 0.3) is 0 Å². The number of aromatic nitrogens is 7. The fourth-order valence-corrected chi connectivity index (χ4v) is 4.64. The molecule has 0 unspecified atom stereocenters. The predicted molar refractivity (Wildman–Crippen MR) is 123 cm³/mol. The Morgan fingerprint density at radius 3 is 2.20 bits per heavy atom. The zero-order chi connectivity index (χ0) is 25.0. The Labute approximate surface area is 201 Å². The van der Waals surface area contributed by atoms with E-state index in [4.69, 9.17) is 9.47 Å². The number of nitrogens with zero attached hydrogens (tertiary/aromatic N) is 7. The van der Waals surface area contributed by atoms with Gasteiger partial charge in [-0.2, -0.15) is 9.97 Å². The third-order valence-electron chi connectivity index (χ3n) is 5.21. The van der Waals surface area contributed by atoms with E-state index in [0.717, 1.165) is 12.4 Å². The topological polar surface area (TPSA) is 135 Å². The molecular formula is C22H22FN7O4S. The zero-order valence-electron chi connectivity index (χ0n) is 19.2. The molecule has 0 aliphatic carbocycles. The first-order chi connectivity index (χ1) is 16.8. The molecule has 3 aromatic heterocycles. The van der Waals surface area contributed by atoms with Gasteiger partial charge in [0.05, 0.1) is 31.9 Å². The maximum Gasteiger partial charge on any atom is 0.245 e. The molecule has 0 saturated carbocycles. The minimum atomic E-state index is -3.78. The molecule has 4 rings (SSSR count). The number of hydrogen-bond acceptors (Lipinski definition) is 10. The smallest absolute Gasteiger partial charge is 0.245 e. The summed E-state index contributed by atoms with van der Waals surface area (Å²) < 4.78 is 52.1. The van der Waals surface area contributed by atoms with Crippen LogP contribution in [0.15, 0.2) is 49.1 Å². The Morgan fingerprint density at radius 1 is 0.971 bits per heavy atom. The fourth-order valence-electron chi connectivity index (χ4n) is 3.41. The second kappa shape index (κ2) is 10.1. The molecule has 0 saturated heterocycles. The van der Waals surface area contributed by atoms with Crippen molar-refractivity contribution in [1.82, 2.24) is 34.7 Å². The molecule has 0 bridgehead atoms. The summed E-state index contributed by atoms with van der Waals surface area (Å²) in [4.78, 5) is 16.0. The monoisotopic (exact) mass is 499 g/mol. The van der Waals surface area contributed by atoms with Crippen LogP contribution < -0.4 is 9.47 Å². The Balaban J connectivity index is 1.79. The normalized spacial score (nSPS) is 12.3. The largest absolute Gasteiger partial charge is 0.479 e. The van der Waals surface area contributed by atoms with Crippen LogP contribution in [0, 0.1) is 5.82 Å². The highest BCUT2D eigenvalue weighted by molar-refractivity contribution is 7.91. The van der Waals surface area contributed by atoms with E-state index in [1.807, 2.05) is 30.3 Å². The lowest BCUT2D eigenvalue weighted by Gasteiger charge is -2.17. The van der Waals surface area contributed by atoms with Crippen molar-refractivity contribution in [2.45, 2.75) is 24.3 Å². The molecular weight excluding hydrogens is 477 g/mol. The Kier molecular flexibility index (Phi) is 6.96. The lowest BCUT2D eigenvalue weighted by atomic mass is 10.2. The second-order valence-corrected chi connectivity index (χ2v) is 9.94. The van der Waals surface area contributed by atoms with Gasteiger partial charge < -0.3 is 9.47 Å². The Bertz CT molecular complexity index is 1390. The molecule has 4 aromatic rings. The number of ether oxygens (including phenoxy) is 2. The summed E-state index contributed by atoms with van der Waals surface area (Å²) in [7, 11) is -0.921. The van der Waals surface area contributed by atoms with Gasteiger partial charge in [0.1, 0.15) is 17.9 Å². The minimum absolute atomic E-state index is 0.00336. The van der Waals surface area contributed by atoms with E-state index >= 15 is 0 Å². The average molecular weight is 500 g/mol. The number of rotatable bonds is 9. The van der Waals surface area contributed by atoms with E-state index in [-0.39, 0.29) is 35.5 Å². The van der Waals surface area contributed by atoms with E-state index in [9.17, 15) is 12.8 Å². The lowest BCUT2D eigenvalue weighted by Crippen LogP contribution is -2.24. The molecule has 13 heteroatoms. The lowest BCUT2D eigenvalue weighted by molar-refractivity contribution is 0.368. The van der Waals surface area contributed by atoms with Gasteiger partial charge in [-0.1, -0.05) is 30.3 Å². The van der Waals surface area contributed by atoms with Gasteiger partial charge in [-0.25, -0.2) is 22.8 Å². The summed E-state index contributed by atoms with van der Waals surface area (Å²) in [5, 5.41) is 7.58. The van der Waals surface area contributed by atoms with Crippen molar-refractivity contribution in [2.75, 3.05) is 14.2 Å². The van der Waals surface area contributed by atoms with E-state index in [1.165, 1.54) is 32.0 Å². The zero-order valence-corrected chi connectivity index (χ0v) is 20.0. The molecule has 182 valence electrons. The van der Waals surface area contributed by atoms with Crippen LogP contribution in [0.5, 0.6) is 11.8 Å². The summed E-state index contributed by atoms with van der Waals surface area (Å²) in [6, 6.07) is 9.13. The van der Waals surface area contributed by atoms with Crippen LogP contribution in [0.25, 0.3) is 17.1 Å². The highest BCUT2D eigenvalue weighted by Crippen LogP contribution is 2.34. The van der Waals surface area contributed by atoms with Gasteiger partial charge in [-0.05, 0) is 6.92 Å². The van der Waals surface area contributed by atoms with Crippen LogP contribution in [0.2, 0.25) is 0 Å². The molecule has 3 heterocycles. The first-order valence-corrected chi connectivity index (χ1v) is 12.2. The van der Waals surface area contributed by atoms with Crippen LogP contribution in [0.4, 0.5) is 4.39 Å². The quantitative estimate of drug-likeness (QED) is 0.337. The molecule has 0 N–H and O–H groups in total. The maximum absolute atomic E-state index is 13.3. The van der Waals surface area contributed by atoms with E-state index < -0.39 is 26.7 Å². The first kappa shape index (κ1) is 24.1. The summed E-state index contributed by atoms with van der Waals surface area (Å²) >= 11 is 0. The Hall–Kier alpha value is -4.00. The number of sulfone groups is 1. The maximum atomic E-state index is 13.3. The van der Waals surface area contributed by atoms with Crippen LogP contribution in [0.3, 0.4) is 0 Å². The minimum Gasteiger partial charge on any atom is -0.479 e. The molecule has 0 aliphatic rings. The molecule has 35 heavy (non-hydrogen) atoms. The van der Waals surface area contributed by atoms with Crippen molar-refractivity contribution >= 4 is 9.84 Å². The van der Waals surface area contributed by atoms with Crippen molar-refractivity contribution < 1.29 is 22.3 Å². The van der Waals surface area contributed by atoms with Gasteiger partial charge in [-0.15, -0.1) is 10.2 Å². The van der Waals surface area contributed by atoms with Crippen molar-refractivity contribution in [2.24, 2.45) is 0 Å². The molecule has 1 aromatic carbocycles. The standard InChI is InChI=1S/C22H22FN7O4S/c1-14(9-17-24-10-16(23)11-25-17)35(31,32)12-18-28-29-20(15-7-5-4-6-8-15)30(18)19-21(33-2)26-13-27-22(19)34-3/h4-8,10-11,13-14H,9,12H2,1-3H3/t14-/m1/s1. The molecule has 11 nitrogen and oxygen atoms in total. The van der Waals surface area contributed by atoms with E-state index in [1.54, 1.807) is 0 Å². The van der Waals surface area contributed by atoms with Gasteiger partial charge in [0, 0.05) is 12.0 Å². The number of halogens is 1. The van der Waals surface area contributed by atoms with Crippen molar-refractivity contribution in [3.8, 4) is 28.8 Å². The number of methoxy groups -OCH3 is 2. The molecule has 0 fully saturated rings. The summed E-state index contributed by atoms with van der Waals surface area (Å²) in [5.74, 6) is -0.0667. The number of benzene rings is 1. The second-order valence-electron chi connectivity index (χ2n) is 7.52. The summed E-state index contributed by atoms with van der Waals surface area (Å²) in [5.41, 5.74) is 0.949. The van der Waals surface area contributed by atoms with Gasteiger partial charge in [0.15, 0.2) is 33.0 Å². The molecule has 1 atom stereocenters. The average Bonchev–Trinajstić information content (AvgIpc) is 3.27. The van der Waals surface area contributed by atoms with Crippen LogP contribution in [-0.2, 0) is 22.0 Å². The van der Waals surface area contributed by atoms with Gasteiger partial charge in [-0.3, -0.25) is 4.57 Å². The third-order valence-corrected chi connectivity index (χ3v) is 7.27. The molecule has 0 aliphatic heterocycles. The molecule has 0 amide bonds. The SMILES string of the molecule is COc1ncnc(OC)c1-n1c(CS(=O)(=O)[C@H](C)Cc2ncc(F)cn2)nnc1-c1ccccc1. The van der Waals surface area contributed by atoms with Gasteiger partial charge >= 0.3 is 0 Å². The highest BCUT2D eigenvalue weighted by Gasteiger charge is 2.30. The third kappa shape index (κ3) is 5.09. The molecule has 0 spiro atoms. The first-order valence-electron chi connectivity index (χ1n) is 10.4. The summed E-state index contributed by atoms with van der Waals surface area (Å²) in [6.45, 7) is 1.54. The predicted octanol–water partition coefficient (Wildman–Crippen LogP) is 2.22.